The molecular formula is C18H23NO3. The van der Waals surface area contributed by atoms with Crippen LogP contribution in [0.3, 0.4) is 0 Å². The van der Waals surface area contributed by atoms with Gasteiger partial charge >= 0.3 is 0 Å². The summed E-state index contributed by atoms with van der Waals surface area (Å²) in [5, 5.41) is 22.3. The zero-order valence-corrected chi connectivity index (χ0v) is 12.8. The van der Waals surface area contributed by atoms with Crippen molar-refractivity contribution in [2.75, 3.05) is 0 Å². The maximum absolute atomic E-state index is 11.6. The Hall–Kier alpha value is -1.55. The molecule has 4 rings (SSSR count). The van der Waals surface area contributed by atoms with Gasteiger partial charge in [-0.05, 0) is 49.7 Å². The zero-order chi connectivity index (χ0) is 15.5. The van der Waals surface area contributed by atoms with E-state index < -0.39 is 16.9 Å². The topological polar surface area (TPSA) is 83.6 Å². The second-order valence-corrected chi connectivity index (χ2v) is 7.37. The van der Waals surface area contributed by atoms with E-state index in [-0.39, 0.29) is 17.2 Å². The third kappa shape index (κ3) is 1.54. The van der Waals surface area contributed by atoms with Gasteiger partial charge in [0, 0.05) is 11.0 Å². The highest BCUT2D eigenvalue weighted by molar-refractivity contribution is 5.96. The minimum atomic E-state index is -0.732. The molecule has 4 heteroatoms. The molecule has 0 heterocycles. The normalized spacial score (nSPS) is 36.3. The van der Waals surface area contributed by atoms with Crippen molar-refractivity contribution in [2.45, 2.75) is 62.4 Å². The average Bonchev–Trinajstić information content (AvgIpc) is 2.46. The minimum Gasteiger partial charge on any atom is -0.507 e. The molecule has 3 aliphatic rings. The molecule has 2 bridgehead atoms. The number of phenols is 1. The predicted molar refractivity (Wildman–Crippen MR) is 82.8 cm³/mol. The fraction of sp³-hybridized carbons (Fsp3) is 0.611. The number of rotatable bonds is 1. The molecule has 0 aromatic heterocycles. The minimum absolute atomic E-state index is 0.0191. The first-order valence-electron chi connectivity index (χ1n) is 8.37. The van der Waals surface area contributed by atoms with Gasteiger partial charge in [0.15, 0.2) is 0 Å². The molecule has 4 N–H and O–H groups in total. The molecule has 1 aromatic rings. The van der Waals surface area contributed by atoms with Crippen LogP contribution in [0.15, 0.2) is 12.1 Å². The molecule has 0 saturated heterocycles. The Morgan fingerprint density at radius 3 is 2.68 bits per heavy atom. The van der Waals surface area contributed by atoms with Crippen LogP contribution in [0.5, 0.6) is 5.75 Å². The smallest absolute Gasteiger partial charge is 0.252 e. The van der Waals surface area contributed by atoms with Gasteiger partial charge in [0.1, 0.15) is 5.75 Å². The largest absolute Gasteiger partial charge is 0.507 e. The van der Waals surface area contributed by atoms with Gasteiger partial charge in [-0.15, -0.1) is 0 Å². The summed E-state index contributed by atoms with van der Waals surface area (Å²) >= 11 is 0. The number of aliphatic hydroxyl groups is 1. The van der Waals surface area contributed by atoms with E-state index in [9.17, 15) is 15.0 Å². The Morgan fingerprint density at radius 2 is 1.91 bits per heavy atom. The standard InChI is InChI=1S/C18H23NO3/c19-16(21)13-6-5-11-10-12-4-3-8-17(14(11)15(13)20)7-1-2-9-18(12,17)22/h5-6,12,20,22H,1-4,7-10H2,(H2,19,21)/t12-,17?,18-/m1/s1. The number of hydrogen-bond donors (Lipinski definition) is 3. The molecule has 1 unspecified atom stereocenters. The van der Waals surface area contributed by atoms with Gasteiger partial charge in [-0.25, -0.2) is 0 Å². The molecule has 4 nitrogen and oxygen atoms in total. The maximum Gasteiger partial charge on any atom is 0.252 e. The molecule has 0 radical (unpaired) electrons. The van der Waals surface area contributed by atoms with Crippen LogP contribution in [-0.2, 0) is 11.8 Å². The fourth-order valence-corrected chi connectivity index (χ4v) is 5.64. The Balaban J connectivity index is 2.00. The van der Waals surface area contributed by atoms with E-state index in [0.29, 0.717) is 0 Å². The van der Waals surface area contributed by atoms with E-state index in [0.717, 1.165) is 62.5 Å². The number of hydrogen-bond acceptors (Lipinski definition) is 3. The van der Waals surface area contributed by atoms with Crippen LogP contribution < -0.4 is 5.73 Å². The quantitative estimate of drug-likeness (QED) is 0.744. The van der Waals surface area contributed by atoms with Gasteiger partial charge in [0.2, 0.25) is 0 Å². The lowest BCUT2D eigenvalue weighted by Crippen LogP contribution is -2.63. The van der Waals surface area contributed by atoms with Crippen LogP contribution in [0.2, 0.25) is 0 Å². The first-order valence-corrected chi connectivity index (χ1v) is 8.37. The SMILES string of the molecule is NC(=O)c1ccc2c(c1O)C13CCCC[C@@]1(O)[C@H](CCC3)C2. The highest BCUT2D eigenvalue weighted by atomic mass is 16.3. The summed E-state index contributed by atoms with van der Waals surface area (Å²) in [6.45, 7) is 0. The highest BCUT2D eigenvalue weighted by Gasteiger charge is 2.62. The van der Waals surface area contributed by atoms with Crippen LogP contribution in [0.4, 0.5) is 0 Å². The number of aromatic hydroxyl groups is 1. The monoisotopic (exact) mass is 301 g/mol. The summed E-state index contributed by atoms with van der Waals surface area (Å²) < 4.78 is 0. The molecule has 22 heavy (non-hydrogen) atoms. The van der Waals surface area contributed by atoms with E-state index in [4.69, 9.17) is 5.73 Å². The van der Waals surface area contributed by atoms with E-state index in [1.807, 2.05) is 6.07 Å². The molecule has 2 fully saturated rings. The van der Waals surface area contributed by atoms with Gasteiger partial charge < -0.3 is 15.9 Å². The Labute approximate surface area is 130 Å². The lowest BCUT2D eigenvalue weighted by atomic mass is 9.46. The van der Waals surface area contributed by atoms with Gasteiger partial charge in [-0.3, -0.25) is 4.79 Å². The van der Waals surface area contributed by atoms with Crippen molar-refractivity contribution in [3.05, 3.63) is 28.8 Å². The Kier molecular flexibility index (Phi) is 2.86. The summed E-state index contributed by atoms with van der Waals surface area (Å²) in [7, 11) is 0. The lowest BCUT2D eigenvalue weighted by molar-refractivity contribution is -0.146. The Morgan fingerprint density at radius 1 is 1.18 bits per heavy atom. The zero-order valence-electron chi connectivity index (χ0n) is 12.8. The van der Waals surface area contributed by atoms with Crippen LogP contribution in [0.1, 0.15) is 66.4 Å². The van der Waals surface area contributed by atoms with Crippen molar-refractivity contribution >= 4 is 5.91 Å². The third-order valence-corrected chi connectivity index (χ3v) is 6.55. The first kappa shape index (κ1) is 14.1. The number of benzene rings is 1. The van der Waals surface area contributed by atoms with Crippen LogP contribution >= 0.6 is 0 Å². The van der Waals surface area contributed by atoms with Gasteiger partial charge in [-0.2, -0.15) is 0 Å². The van der Waals surface area contributed by atoms with Gasteiger partial charge in [-0.1, -0.05) is 25.3 Å². The van der Waals surface area contributed by atoms with Crippen molar-refractivity contribution in [1.29, 1.82) is 0 Å². The Bertz CT molecular complexity index is 652. The maximum atomic E-state index is 11.6. The van der Waals surface area contributed by atoms with Crippen molar-refractivity contribution < 1.29 is 15.0 Å². The number of carbonyl (C=O) groups is 1. The van der Waals surface area contributed by atoms with E-state index in [1.54, 1.807) is 6.07 Å². The molecule has 3 aliphatic carbocycles. The molecule has 0 aliphatic heterocycles. The van der Waals surface area contributed by atoms with Crippen LogP contribution in [-0.4, -0.2) is 21.7 Å². The highest BCUT2D eigenvalue weighted by Crippen LogP contribution is 2.62. The summed E-state index contributed by atoms with van der Waals surface area (Å²) in [5.74, 6) is -0.312. The van der Waals surface area contributed by atoms with E-state index in [1.165, 1.54) is 0 Å². The molecule has 3 atom stereocenters. The third-order valence-electron chi connectivity index (χ3n) is 6.55. The molecule has 0 spiro atoms. The van der Waals surface area contributed by atoms with Crippen LogP contribution in [0, 0.1) is 5.92 Å². The van der Waals surface area contributed by atoms with Crippen molar-refractivity contribution in [3.63, 3.8) is 0 Å². The van der Waals surface area contributed by atoms with Crippen molar-refractivity contribution in [1.82, 2.24) is 0 Å². The van der Waals surface area contributed by atoms with Gasteiger partial charge in [0.05, 0.1) is 11.2 Å². The van der Waals surface area contributed by atoms with E-state index in [2.05, 4.69) is 0 Å². The first-order chi connectivity index (χ1) is 10.5. The number of nitrogens with two attached hydrogens (primary N) is 1. The lowest BCUT2D eigenvalue weighted by Gasteiger charge is -2.61. The molecule has 1 amide bonds. The molecule has 2 saturated carbocycles. The summed E-state index contributed by atoms with van der Waals surface area (Å²) in [4.78, 5) is 11.6. The number of fused-ring (bicyclic) bond motifs is 1. The molecular weight excluding hydrogens is 278 g/mol. The van der Waals surface area contributed by atoms with Crippen molar-refractivity contribution in [2.24, 2.45) is 11.7 Å². The number of amides is 1. The predicted octanol–water partition coefficient (Wildman–Crippen LogP) is 2.39. The van der Waals surface area contributed by atoms with E-state index >= 15 is 0 Å². The average molecular weight is 301 g/mol. The van der Waals surface area contributed by atoms with Gasteiger partial charge in [0.25, 0.3) is 5.91 Å². The second-order valence-electron chi connectivity index (χ2n) is 7.37. The second kappa shape index (κ2) is 4.48. The fourth-order valence-electron chi connectivity index (χ4n) is 5.64. The molecule has 1 aromatic carbocycles. The van der Waals surface area contributed by atoms with Crippen LogP contribution in [0.25, 0.3) is 0 Å². The van der Waals surface area contributed by atoms with Crippen molar-refractivity contribution in [3.8, 4) is 5.75 Å². The number of carbonyl (C=O) groups excluding carboxylic acids is 1. The summed E-state index contributed by atoms with van der Waals surface area (Å²) in [6, 6.07) is 3.57. The summed E-state index contributed by atoms with van der Waals surface area (Å²) in [5.41, 5.74) is 6.39. The molecule has 118 valence electrons. The summed E-state index contributed by atoms with van der Waals surface area (Å²) in [6.07, 6.45) is 7.61. The number of primary amides is 1.